The molecule has 0 aromatic carbocycles. The molecule has 0 aliphatic heterocycles. The fourth-order valence-corrected chi connectivity index (χ4v) is 2.19. The Balaban J connectivity index is 2.33. The van der Waals surface area contributed by atoms with E-state index in [-0.39, 0.29) is 0 Å². The fraction of sp³-hybridized carbons (Fsp3) is 0.300. The zero-order chi connectivity index (χ0) is 11.5. The maximum absolute atomic E-state index is 10.9. The number of carboxylic acid groups (broad SMARTS) is 1. The number of thiophene rings is 1. The highest BCUT2D eigenvalue weighted by atomic mass is 32.1. The molecular formula is C10H11N3O2S. The van der Waals surface area contributed by atoms with Gasteiger partial charge in [-0.2, -0.15) is 0 Å². The van der Waals surface area contributed by atoms with Crippen molar-refractivity contribution in [3.63, 3.8) is 0 Å². The van der Waals surface area contributed by atoms with Gasteiger partial charge >= 0.3 is 5.97 Å². The summed E-state index contributed by atoms with van der Waals surface area (Å²) in [7, 11) is 0. The Morgan fingerprint density at radius 1 is 1.62 bits per heavy atom. The van der Waals surface area contributed by atoms with Crippen LogP contribution in [0.4, 0.5) is 5.82 Å². The van der Waals surface area contributed by atoms with E-state index >= 15 is 0 Å². The maximum Gasteiger partial charge on any atom is 0.326 e. The number of fused-ring (bicyclic) bond motifs is 1. The summed E-state index contributed by atoms with van der Waals surface area (Å²) in [4.78, 5) is 19.1. The number of aromatic nitrogens is 2. The summed E-state index contributed by atoms with van der Waals surface area (Å²) >= 11 is 1.50. The van der Waals surface area contributed by atoms with Crippen molar-refractivity contribution in [3.8, 4) is 0 Å². The number of hydrogen-bond donors (Lipinski definition) is 2. The Hall–Kier alpha value is -1.69. The number of carbonyl (C=O) groups is 1. The van der Waals surface area contributed by atoms with Gasteiger partial charge in [0.2, 0.25) is 0 Å². The number of nitrogens with zero attached hydrogens (tertiary/aromatic N) is 2. The predicted molar refractivity (Wildman–Crippen MR) is 62.8 cm³/mol. The van der Waals surface area contributed by atoms with Gasteiger partial charge in [-0.05, 0) is 17.9 Å². The van der Waals surface area contributed by atoms with E-state index in [1.54, 1.807) is 0 Å². The van der Waals surface area contributed by atoms with E-state index in [9.17, 15) is 4.79 Å². The van der Waals surface area contributed by atoms with Crippen molar-refractivity contribution in [2.75, 3.05) is 5.32 Å². The third-order valence-electron chi connectivity index (χ3n) is 2.26. The lowest BCUT2D eigenvalue weighted by Gasteiger charge is -2.12. The van der Waals surface area contributed by atoms with Crippen LogP contribution in [0, 0.1) is 0 Å². The van der Waals surface area contributed by atoms with Crippen LogP contribution in [0.3, 0.4) is 0 Å². The maximum atomic E-state index is 10.9. The molecule has 0 bridgehead atoms. The molecule has 0 spiro atoms. The summed E-state index contributed by atoms with van der Waals surface area (Å²) in [6.45, 7) is 1.82. The average Bonchev–Trinajstić information content (AvgIpc) is 2.73. The summed E-state index contributed by atoms with van der Waals surface area (Å²) < 4.78 is 0.891. The van der Waals surface area contributed by atoms with Crippen LogP contribution in [0.1, 0.15) is 13.3 Å². The smallest absolute Gasteiger partial charge is 0.326 e. The van der Waals surface area contributed by atoms with Gasteiger partial charge in [0.1, 0.15) is 18.2 Å². The first-order valence-electron chi connectivity index (χ1n) is 4.90. The lowest BCUT2D eigenvalue weighted by atomic mass is 10.2. The van der Waals surface area contributed by atoms with E-state index in [0.29, 0.717) is 12.2 Å². The second-order valence-corrected chi connectivity index (χ2v) is 4.22. The highest BCUT2D eigenvalue weighted by Gasteiger charge is 2.16. The second kappa shape index (κ2) is 4.44. The van der Waals surface area contributed by atoms with Crippen LogP contribution in [-0.4, -0.2) is 27.1 Å². The van der Waals surface area contributed by atoms with Gasteiger partial charge in [-0.3, -0.25) is 0 Å². The Morgan fingerprint density at radius 2 is 2.44 bits per heavy atom. The third-order valence-corrected chi connectivity index (χ3v) is 3.17. The van der Waals surface area contributed by atoms with Crippen molar-refractivity contribution >= 4 is 33.3 Å². The van der Waals surface area contributed by atoms with Crippen LogP contribution in [0.2, 0.25) is 0 Å². The summed E-state index contributed by atoms with van der Waals surface area (Å²) in [6, 6.07) is 1.27. The molecule has 2 heterocycles. The van der Waals surface area contributed by atoms with E-state index in [0.717, 1.165) is 10.2 Å². The van der Waals surface area contributed by atoms with Crippen LogP contribution in [0.25, 0.3) is 10.2 Å². The van der Waals surface area contributed by atoms with Gasteiger partial charge < -0.3 is 10.4 Å². The predicted octanol–water partition coefficient (Wildman–Crippen LogP) is 1.97. The Morgan fingerprint density at radius 3 is 3.12 bits per heavy atom. The molecule has 0 aliphatic carbocycles. The van der Waals surface area contributed by atoms with Crippen molar-refractivity contribution < 1.29 is 9.90 Å². The van der Waals surface area contributed by atoms with Crippen molar-refractivity contribution in [3.05, 3.63) is 17.8 Å². The summed E-state index contributed by atoms with van der Waals surface area (Å²) in [5, 5.41) is 13.8. The third kappa shape index (κ3) is 1.96. The molecule has 0 fully saturated rings. The van der Waals surface area contributed by atoms with E-state index in [1.807, 2.05) is 18.4 Å². The number of hydrogen-bond acceptors (Lipinski definition) is 5. The van der Waals surface area contributed by atoms with Gasteiger partial charge in [0.05, 0.1) is 10.2 Å². The van der Waals surface area contributed by atoms with Crippen molar-refractivity contribution in [2.24, 2.45) is 0 Å². The van der Waals surface area contributed by atoms with Gasteiger partial charge in [0.15, 0.2) is 0 Å². The molecule has 1 unspecified atom stereocenters. The molecule has 0 radical (unpaired) electrons. The van der Waals surface area contributed by atoms with E-state index < -0.39 is 12.0 Å². The van der Waals surface area contributed by atoms with E-state index in [4.69, 9.17) is 5.11 Å². The minimum Gasteiger partial charge on any atom is -0.480 e. The minimum absolute atomic E-state index is 0.506. The summed E-state index contributed by atoms with van der Waals surface area (Å²) in [5.74, 6) is -0.278. The second-order valence-electron chi connectivity index (χ2n) is 3.30. The molecule has 2 N–H and O–H groups in total. The zero-order valence-electron chi connectivity index (χ0n) is 8.67. The largest absolute Gasteiger partial charge is 0.480 e. The Kier molecular flexibility index (Phi) is 3.00. The molecule has 16 heavy (non-hydrogen) atoms. The number of carboxylic acids is 1. The van der Waals surface area contributed by atoms with Crippen LogP contribution in [0.15, 0.2) is 17.8 Å². The first-order chi connectivity index (χ1) is 7.72. The number of rotatable bonds is 4. The van der Waals surface area contributed by atoms with Gasteiger partial charge in [-0.1, -0.05) is 6.92 Å². The molecule has 2 aromatic rings. The van der Waals surface area contributed by atoms with Crippen LogP contribution in [0.5, 0.6) is 0 Å². The lowest BCUT2D eigenvalue weighted by molar-refractivity contribution is -0.137. The van der Waals surface area contributed by atoms with Crippen LogP contribution < -0.4 is 5.32 Å². The average molecular weight is 237 g/mol. The normalized spacial score (nSPS) is 12.6. The standard InChI is InChI=1S/C10H11N3O2S/c1-2-6(10(14)15)13-9-8-7(3-4-16-8)11-5-12-9/h3-6H,2H2,1H3,(H,14,15)(H,11,12,13). The quantitative estimate of drug-likeness (QED) is 0.850. The molecule has 0 amide bonds. The summed E-state index contributed by atoms with van der Waals surface area (Å²) in [6.07, 6.45) is 1.94. The molecule has 6 heteroatoms. The lowest BCUT2D eigenvalue weighted by Crippen LogP contribution is -2.28. The van der Waals surface area contributed by atoms with Gasteiger partial charge in [-0.15, -0.1) is 11.3 Å². The summed E-state index contributed by atoms with van der Waals surface area (Å²) in [5.41, 5.74) is 0.836. The van der Waals surface area contributed by atoms with Crippen molar-refractivity contribution in [1.29, 1.82) is 0 Å². The first-order valence-corrected chi connectivity index (χ1v) is 5.78. The molecule has 1 atom stereocenters. The SMILES string of the molecule is CCC(Nc1ncnc2ccsc12)C(=O)O. The number of nitrogens with one attached hydrogen (secondary N) is 1. The Bertz CT molecular complexity index is 511. The van der Waals surface area contributed by atoms with Crippen molar-refractivity contribution in [2.45, 2.75) is 19.4 Å². The van der Waals surface area contributed by atoms with Gasteiger partial charge in [0.25, 0.3) is 0 Å². The number of aliphatic carboxylic acids is 1. The topological polar surface area (TPSA) is 75.1 Å². The molecule has 2 aromatic heterocycles. The first kappa shape index (κ1) is 10.8. The number of anilines is 1. The molecular weight excluding hydrogens is 226 g/mol. The van der Waals surface area contributed by atoms with Gasteiger partial charge in [-0.25, -0.2) is 14.8 Å². The van der Waals surface area contributed by atoms with Crippen LogP contribution in [-0.2, 0) is 4.79 Å². The van der Waals surface area contributed by atoms with Crippen LogP contribution >= 0.6 is 11.3 Å². The zero-order valence-corrected chi connectivity index (χ0v) is 9.49. The molecule has 5 nitrogen and oxygen atoms in total. The molecule has 0 aliphatic rings. The van der Waals surface area contributed by atoms with E-state index in [1.165, 1.54) is 17.7 Å². The molecule has 0 saturated carbocycles. The molecule has 84 valence electrons. The monoisotopic (exact) mass is 237 g/mol. The molecule has 0 saturated heterocycles. The van der Waals surface area contributed by atoms with E-state index in [2.05, 4.69) is 15.3 Å². The highest BCUT2D eigenvalue weighted by molar-refractivity contribution is 7.17. The molecule has 2 rings (SSSR count). The van der Waals surface area contributed by atoms with Crippen molar-refractivity contribution in [1.82, 2.24) is 9.97 Å². The minimum atomic E-state index is -0.870. The fourth-order valence-electron chi connectivity index (χ4n) is 1.40. The Labute approximate surface area is 96.2 Å². The highest BCUT2D eigenvalue weighted by Crippen LogP contribution is 2.25. The van der Waals surface area contributed by atoms with Gasteiger partial charge in [0, 0.05) is 0 Å².